The van der Waals surface area contributed by atoms with E-state index in [0.29, 0.717) is 22.6 Å². The highest BCUT2D eigenvalue weighted by Crippen LogP contribution is 2.30. The van der Waals surface area contributed by atoms with Crippen molar-refractivity contribution in [2.75, 3.05) is 7.11 Å². The molecule has 0 atom stereocenters. The molecule has 25 heavy (non-hydrogen) atoms. The van der Waals surface area contributed by atoms with Crippen LogP contribution in [0.25, 0.3) is 17.1 Å². The minimum absolute atomic E-state index is 0.0437. The van der Waals surface area contributed by atoms with Crippen LogP contribution in [0.1, 0.15) is 10.4 Å². The maximum Gasteiger partial charge on any atom is 0.337 e. The van der Waals surface area contributed by atoms with Crippen LogP contribution in [0.3, 0.4) is 0 Å². The highest BCUT2D eigenvalue weighted by molar-refractivity contribution is 6.32. The summed E-state index contributed by atoms with van der Waals surface area (Å²) in [5.74, 6) is -0.0377. The van der Waals surface area contributed by atoms with Crippen LogP contribution in [0.15, 0.2) is 48.8 Å². The molecule has 1 aromatic heterocycles. The number of nitro groups is 1. The van der Waals surface area contributed by atoms with Gasteiger partial charge in [0.15, 0.2) is 5.82 Å². The highest BCUT2D eigenvalue weighted by Gasteiger charge is 2.17. The van der Waals surface area contributed by atoms with Crippen molar-refractivity contribution in [2.24, 2.45) is 0 Å². The van der Waals surface area contributed by atoms with E-state index in [1.807, 2.05) is 0 Å². The minimum Gasteiger partial charge on any atom is -0.465 e. The summed E-state index contributed by atoms with van der Waals surface area (Å²) in [6.45, 7) is 0. The molecule has 3 aromatic rings. The average Bonchev–Trinajstić information content (AvgIpc) is 3.11. The molecule has 2 aromatic carbocycles. The molecule has 0 amide bonds. The number of nitrogens with zero attached hydrogens (tertiary/aromatic N) is 4. The molecule has 0 bridgehead atoms. The Morgan fingerprint density at radius 2 is 1.96 bits per heavy atom. The second-order valence-corrected chi connectivity index (χ2v) is 5.36. The normalized spacial score (nSPS) is 10.5. The van der Waals surface area contributed by atoms with E-state index in [0.717, 1.165) is 0 Å². The third-order valence-corrected chi connectivity index (χ3v) is 3.80. The van der Waals surface area contributed by atoms with E-state index in [9.17, 15) is 14.9 Å². The molecule has 0 aliphatic heterocycles. The van der Waals surface area contributed by atoms with Crippen LogP contribution in [0, 0.1) is 10.1 Å². The number of ether oxygens (including phenoxy) is 1. The molecule has 0 aliphatic carbocycles. The van der Waals surface area contributed by atoms with Crippen molar-refractivity contribution >= 4 is 23.3 Å². The molecule has 0 unspecified atom stereocenters. The van der Waals surface area contributed by atoms with E-state index in [4.69, 9.17) is 11.6 Å². The lowest BCUT2D eigenvalue weighted by atomic mass is 10.1. The van der Waals surface area contributed by atoms with E-state index in [1.54, 1.807) is 30.3 Å². The monoisotopic (exact) mass is 358 g/mol. The number of nitro benzene ring substituents is 1. The van der Waals surface area contributed by atoms with E-state index in [-0.39, 0.29) is 10.7 Å². The van der Waals surface area contributed by atoms with Crippen LogP contribution >= 0.6 is 11.6 Å². The number of halogens is 1. The maximum absolute atomic E-state index is 11.5. The third-order valence-electron chi connectivity index (χ3n) is 3.48. The fourth-order valence-corrected chi connectivity index (χ4v) is 2.46. The van der Waals surface area contributed by atoms with Crippen molar-refractivity contribution in [3.63, 3.8) is 0 Å². The Morgan fingerprint density at radius 3 is 2.60 bits per heavy atom. The summed E-state index contributed by atoms with van der Waals surface area (Å²) in [4.78, 5) is 26.2. The third kappa shape index (κ3) is 3.20. The molecule has 0 fully saturated rings. The highest BCUT2D eigenvalue weighted by atomic mass is 35.5. The van der Waals surface area contributed by atoms with Crippen molar-refractivity contribution in [2.45, 2.75) is 0 Å². The lowest BCUT2D eigenvalue weighted by Gasteiger charge is -2.07. The lowest BCUT2D eigenvalue weighted by Crippen LogP contribution is -2.03. The van der Waals surface area contributed by atoms with Gasteiger partial charge in [-0.15, -0.1) is 0 Å². The topological polar surface area (TPSA) is 100 Å². The zero-order valence-corrected chi connectivity index (χ0v) is 13.7. The zero-order chi connectivity index (χ0) is 18.0. The SMILES string of the molecule is COC(=O)c1ccc(-n2ncnc2-c2ccc(Cl)c([N+](=O)[O-])c2)cc1. The predicted molar refractivity (Wildman–Crippen MR) is 89.8 cm³/mol. The van der Waals surface area contributed by atoms with E-state index in [1.165, 1.54) is 30.3 Å². The molecule has 1 heterocycles. The Morgan fingerprint density at radius 1 is 1.24 bits per heavy atom. The smallest absolute Gasteiger partial charge is 0.337 e. The number of carbonyl (C=O) groups is 1. The van der Waals surface area contributed by atoms with Crippen molar-refractivity contribution in [1.82, 2.24) is 14.8 Å². The molecule has 0 aliphatic rings. The van der Waals surface area contributed by atoms with Crippen LogP contribution in [-0.2, 0) is 4.74 Å². The molecule has 0 saturated heterocycles. The summed E-state index contributed by atoms with van der Waals surface area (Å²) >= 11 is 5.84. The summed E-state index contributed by atoms with van der Waals surface area (Å²) in [7, 11) is 1.30. The summed E-state index contributed by atoms with van der Waals surface area (Å²) in [5.41, 5.74) is 1.31. The van der Waals surface area contributed by atoms with Crippen molar-refractivity contribution < 1.29 is 14.5 Å². The van der Waals surface area contributed by atoms with Crippen LogP contribution in [-0.4, -0.2) is 32.8 Å². The zero-order valence-electron chi connectivity index (χ0n) is 12.9. The number of hydrogen-bond acceptors (Lipinski definition) is 6. The van der Waals surface area contributed by atoms with Crippen molar-refractivity contribution in [3.05, 3.63) is 69.5 Å². The van der Waals surface area contributed by atoms with Gasteiger partial charge in [0.05, 0.1) is 23.3 Å². The van der Waals surface area contributed by atoms with Gasteiger partial charge in [-0.1, -0.05) is 11.6 Å². The summed E-state index contributed by atoms with van der Waals surface area (Å²) < 4.78 is 6.16. The number of hydrogen-bond donors (Lipinski definition) is 0. The van der Waals surface area contributed by atoms with Crippen molar-refractivity contribution in [3.8, 4) is 17.1 Å². The fraction of sp³-hybridized carbons (Fsp3) is 0.0625. The van der Waals surface area contributed by atoms with Gasteiger partial charge in [-0.25, -0.2) is 14.5 Å². The lowest BCUT2D eigenvalue weighted by molar-refractivity contribution is -0.384. The summed E-state index contributed by atoms with van der Waals surface area (Å²) in [6, 6.07) is 10.9. The largest absolute Gasteiger partial charge is 0.465 e. The maximum atomic E-state index is 11.5. The first-order chi connectivity index (χ1) is 12.0. The van der Waals surface area contributed by atoms with Gasteiger partial charge in [0.2, 0.25) is 0 Å². The standard InChI is InChI=1S/C16H11ClN4O4/c1-25-16(22)10-2-5-12(6-3-10)20-15(18-9-19-20)11-4-7-13(17)14(8-11)21(23)24/h2-9H,1H3. The average molecular weight is 359 g/mol. The molecule has 3 rings (SSSR count). The van der Waals surface area contributed by atoms with Gasteiger partial charge in [-0.3, -0.25) is 10.1 Å². The molecule has 9 heteroatoms. The minimum atomic E-state index is -0.558. The Labute approximate surface area is 146 Å². The molecular formula is C16H11ClN4O4. The number of rotatable bonds is 4. The van der Waals surface area contributed by atoms with Crippen LogP contribution < -0.4 is 0 Å². The second kappa shape index (κ2) is 6.70. The quantitative estimate of drug-likeness (QED) is 0.403. The van der Waals surface area contributed by atoms with Crippen LogP contribution in [0.2, 0.25) is 5.02 Å². The number of benzene rings is 2. The molecule has 0 spiro atoms. The number of esters is 1. The molecule has 0 N–H and O–H groups in total. The predicted octanol–water partition coefficient (Wildman–Crippen LogP) is 3.28. The Balaban J connectivity index is 2.03. The Kier molecular flexibility index (Phi) is 4.44. The first-order valence-corrected chi connectivity index (χ1v) is 7.42. The first kappa shape index (κ1) is 16.6. The van der Waals surface area contributed by atoms with Crippen LogP contribution in [0.4, 0.5) is 5.69 Å². The van der Waals surface area contributed by atoms with Gasteiger partial charge < -0.3 is 4.74 Å². The molecule has 126 valence electrons. The van der Waals surface area contributed by atoms with Gasteiger partial charge in [-0.05, 0) is 36.4 Å². The Hall–Kier alpha value is -3.26. The Bertz CT molecular complexity index is 953. The van der Waals surface area contributed by atoms with Gasteiger partial charge in [-0.2, -0.15) is 5.10 Å². The van der Waals surface area contributed by atoms with Gasteiger partial charge >= 0.3 is 5.97 Å². The summed E-state index contributed by atoms with van der Waals surface area (Å²) in [5, 5.41) is 15.2. The molecule has 0 radical (unpaired) electrons. The van der Waals surface area contributed by atoms with E-state index < -0.39 is 10.9 Å². The summed E-state index contributed by atoms with van der Waals surface area (Å²) in [6.07, 6.45) is 1.34. The fourth-order valence-electron chi connectivity index (χ4n) is 2.28. The van der Waals surface area contributed by atoms with E-state index >= 15 is 0 Å². The first-order valence-electron chi connectivity index (χ1n) is 7.04. The second-order valence-electron chi connectivity index (χ2n) is 4.96. The molecular weight excluding hydrogens is 348 g/mol. The van der Waals surface area contributed by atoms with Gasteiger partial charge in [0, 0.05) is 11.6 Å². The molecule has 0 saturated carbocycles. The molecule has 8 nitrogen and oxygen atoms in total. The van der Waals surface area contributed by atoms with E-state index in [2.05, 4.69) is 14.8 Å². The van der Waals surface area contributed by atoms with Gasteiger partial charge in [0.1, 0.15) is 11.3 Å². The van der Waals surface area contributed by atoms with Crippen molar-refractivity contribution in [1.29, 1.82) is 0 Å². The number of carbonyl (C=O) groups excluding carboxylic acids is 1. The van der Waals surface area contributed by atoms with Crippen LogP contribution in [0.5, 0.6) is 0 Å². The number of aromatic nitrogens is 3. The van der Waals surface area contributed by atoms with Gasteiger partial charge in [0.25, 0.3) is 5.69 Å². The number of methoxy groups -OCH3 is 1.